The Bertz CT molecular complexity index is 97.8. The van der Waals surface area contributed by atoms with Crippen molar-refractivity contribution in [1.82, 2.24) is 0 Å². The smallest absolute Gasteiger partial charge is 0.0598 e. The van der Waals surface area contributed by atoms with Crippen LogP contribution < -0.4 is 0 Å². The van der Waals surface area contributed by atoms with Crippen LogP contribution in [0.2, 0.25) is 0 Å². The Morgan fingerprint density at radius 1 is 1.30 bits per heavy atom. The maximum Gasteiger partial charge on any atom is 0.0598 e. The molecule has 0 aliphatic heterocycles. The van der Waals surface area contributed by atoms with E-state index in [9.17, 15) is 0 Å². The monoisotopic (exact) mass is 141 g/mol. The van der Waals surface area contributed by atoms with Crippen LogP contribution in [0, 0.1) is 5.92 Å². The van der Waals surface area contributed by atoms with Crippen LogP contribution >= 0.6 is 0 Å². The molecule has 1 nitrogen and oxygen atoms in total. The van der Waals surface area contributed by atoms with Gasteiger partial charge in [-0.1, -0.05) is 6.42 Å². The second-order valence-electron chi connectivity index (χ2n) is 4.00. The number of hydrogen-bond acceptors (Lipinski definition) is 1. The Hall–Kier alpha value is -0.0400. The molecule has 1 rings (SSSR count). The van der Waals surface area contributed by atoms with Crippen molar-refractivity contribution < 1.29 is 4.74 Å². The maximum atomic E-state index is 5.60. The lowest BCUT2D eigenvalue weighted by atomic mass is 9.86. The molecular formula is C9H17O. The Morgan fingerprint density at radius 3 is 2.20 bits per heavy atom. The summed E-state index contributed by atoms with van der Waals surface area (Å²) < 4.78 is 5.60. The lowest BCUT2D eigenvalue weighted by molar-refractivity contribution is -0.00312. The molecule has 1 aliphatic rings. The van der Waals surface area contributed by atoms with Gasteiger partial charge in [0.2, 0.25) is 0 Å². The lowest BCUT2D eigenvalue weighted by Crippen LogP contribution is -2.25. The molecule has 1 fully saturated rings. The van der Waals surface area contributed by atoms with Crippen molar-refractivity contribution in [3.8, 4) is 0 Å². The third-order valence-electron chi connectivity index (χ3n) is 1.77. The van der Waals surface area contributed by atoms with E-state index in [0.717, 1.165) is 6.61 Å². The average Bonchev–Trinajstić information content (AvgIpc) is 1.56. The van der Waals surface area contributed by atoms with Crippen molar-refractivity contribution in [3.63, 3.8) is 0 Å². The van der Waals surface area contributed by atoms with Crippen molar-refractivity contribution in [3.05, 3.63) is 5.92 Å². The fourth-order valence-electron chi connectivity index (χ4n) is 0.890. The lowest BCUT2D eigenvalue weighted by Gasteiger charge is -2.28. The zero-order chi connectivity index (χ0) is 7.61. The van der Waals surface area contributed by atoms with Crippen LogP contribution in [0.15, 0.2) is 0 Å². The van der Waals surface area contributed by atoms with E-state index >= 15 is 0 Å². The summed E-state index contributed by atoms with van der Waals surface area (Å²) in [5, 5.41) is 0. The zero-order valence-electron chi connectivity index (χ0n) is 7.24. The highest BCUT2D eigenvalue weighted by Gasteiger charge is 2.20. The molecule has 1 heteroatoms. The molecule has 0 unspecified atom stereocenters. The number of ether oxygens (including phenoxy) is 1. The van der Waals surface area contributed by atoms with Crippen LogP contribution in [-0.4, -0.2) is 12.2 Å². The average molecular weight is 141 g/mol. The largest absolute Gasteiger partial charge is 0.375 e. The highest BCUT2D eigenvalue weighted by molar-refractivity contribution is 4.98. The molecule has 0 aromatic rings. The summed E-state index contributed by atoms with van der Waals surface area (Å²) in [6, 6.07) is 0. The molecule has 0 atom stereocenters. The summed E-state index contributed by atoms with van der Waals surface area (Å²) in [6.45, 7) is 7.20. The van der Waals surface area contributed by atoms with E-state index in [1.165, 1.54) is 19.3 Å². The van der Waals surface area contributed by atoms with Gasteiger partial charge < -0.3 is 4.74 Å². The summed E-state index contributed by atoms with van der Waals surface area (Å²) in [5.74, 6) is 1.59. The molecule has 0 amide bonds. The first-order chi connectivity index (χ1) is 4.58. The fourth-order valence-corrected chi connectivity index (χ4v) is 0.890. The van der Waals surface area contributed by atoms with Crippen LogP contribution in [-0.2, 0) is 4.74 Å². The molecule has 0 heterocycles. The topological polar surface area (TPSA) is 9.23 Å². The molecule has 1 saturated carbocycles. The molecule has 0 aromatic heterocycles. The van der Waals surface area contributed by atoms with Gasteiger partial charge in [0.05, 0.1) is 12.2 Å². The molecule has 10 heavy (non-hydrogen) atoms. The third kappa shape index (κ3) is 2.70. The van der Waals surface area contributed by atoms with Gasteiger partial charge in [-0.2, -0.15) is 0 Å². The first kappa shape index (κ1) is 8.06. The highest BCUT2D eigenvalue weighted by Crippen LogP contribution is 2.29. The van der Waals surface area contributed by atoms with E-state index in [1.807, 2.05) is 0 Å². The van der Waals surface area contributed by atoms with Gasteiger partial charge in [0.15, 0.2) is 0 Å². The molecule has 59 valence electrons. The molecule has 0 bridgehead atoms. The van der Waals surface area contributed by atoms with E-state index in [2.05, 4.69) is 20.8 Å². The second kappa shape index (κ2) is 2.91. The third-order valence-corrected chi connectivity index (χ3v) is 1.77. The van der Waals surface area contributed by atoms with E-state index in [1.54, 1.807) is 5.92 Å². The van der Waals surface area contributed by atoms with Gasteiger partial charge in [-0.05, 0) is 33.6 Å². The van der Waals surface area contributed by atoms with Gasteiger partial charge in [-0.25, -0.2) is 0 Å². The molecular weight excluding hydrogens is 124 g/mol. The van der Waals surface area contributed by atoms with E-state index in [0.29, 0.717) is 0 Å². The van der Waals surface area contributed by atoms with Crippen molar-refractivity contribution in [2.24, 2.45) is 0 Å². The molecule has 1 aliphatic carbocycles. The van der Waals surface area contributed by atoms with Crippen LogP contribution in [0.25, 0.3) is 0 Å². The Labute approximate surface area is 63.8 Å². The Balaban J connectivity index is 2.04. The molecule has 0 aromatic carbocycles. The zero-order valence-corrected chi connectivity index (χ0v) is 7.24. The second-order valence-corrected chi connectivity index (χ2v) is 4.00. The van der Waals surface area contributed by atoms with Crippen LogP contribution in [0.5, 0.6) is 0 Å². The summed E-state index contributed by atoms with van der Waals surface area (Å²) in [4.78, 5) is 0. The predicted molar refractivity (Wildman–Crippen MR) is 42.8 cm³/mol. The van der Waals surface area contributed by atoms with Crippen molar-refractivity contribution in [2.75, 3.05) is 6.61 Å². The van der Waals surface area contributed by atoms with E-state index < -0.39 is 0 Å². The van der Waals surface area contributed by atoms with Gasteiger partial charge >= 0.3 is 0 Å². The summed E-state index contributed by atoms with van der Waals surface area (Å²) >= 11 is 0. The Kier molecular flexibility index (Phi) is 2.35. The van der Waals surface area contributed by atoms with E-state index in [-0.39, 0.29) is 5.60 Å². The minimum atomic E-state index is 0.0442. The van der Waals surface area contributed by atoms with Gasteiger partial charge in [-0.3, -0.25) is 0 Å². The quantitative estimate of drug-likeness (QED) is 0.574. The first-order valence-corrected chi connectivity index (χ1v) is 4.05. The SMILES string of the molecule is CC(C)(C)OC[C]1CCC1. The van der Waals surface area contributed by atoms with Crippen LogP contribution in [0.1, 0.15) is 40.0 Å². The summed E-state index contributed by atoms with van der Waals surface area (Å²) in [7, 11) is 0. The minimum absolute atomic E-state index is 0.0442. The van der Waals surface area contributed by atoms with Crippen molar-refractivity contribution in [2.45, 2.75) is 45.6 Å². The van der Waals surface area contributed by atoms with Gasteiger partial charge in [0.25, 0.3) is 0 Å². The molecule has 1 radical (unpaired) electrons. The number of hydrogen-bond donors (Lipinski definition) is 0. The van der Waals surface area contributed by atoms with Crippen LogP contribution in [0.4, 0.5) is 0 Å². The van der Waals surface area contributed by atoms with Crippen molar-refractivity contribution in [1.29, 1.82) is 0 Å². The minimum Gasteiger partial charge on any atom is -0.375 e. The van der Waals surface area contributed by atoms with Gasteiger partial charge in [0, 0.05) is 5.92 Å². The summed E-state index contributed by atoms with van der Waals surface area (Å²) in [6.07, 6.45) is 3.98. The van der Waals surface area contributed by atoms with Gasteiger partial charge in [-0.15, -0.1) is 0 Å². The first-order valence-electron chi connectivity index (χ1n) is 4.05. The molecule has 0 N–H and O–H groups in total. The molecule has 0 spiro atoms. The van der Waals surface area contributed by atoms with E-state index in [4.69, 9.17) is 4.74 Å². The fraction of sp³-hybridized carbons (Fsp3) is 0.889. The normalized spacial score (nSPS) is 20.7. The summed E-state index contributed by atoms with van der Waals surface area (Å²) in [5.41, 5.74) is 0.0442. The predicted octanol–water partition coefficient (Wildman–Crippen LogP) is 2.56. The molecule has 0 saturated heterocycles. The number of rotatable bonds is 2. The van der Waals surface area contributed by atoms with Gasteiger partial charge in [0.1, 0.15) is 0 Å². The maximum absolute atomic E-state index is 5.60. The standard InChI is InChI=1S/C9H17O/c1-9(2,3)10-7-8-5-4-6-8/h4-7H2,1-3H3. The highest BCUT2D eigenvalue weighted by atomic mass is 16.5. The van der Waals surface area contributed by atoms with Crippen LogP contribution in [0.3, 0.4) is 0 Å². The Morgan fingerprint density at radius 2 is 1.90 bits per heavy atom. The van der Waals surface area contributed by atoms with Crippen molar-refractivity contribution >= 4 is 0 Å².